The summed E-state index contributed by atoms with van der Waals surface area (Å²) in [5, 5.41) is 9.84. The first-order valence-electron chi connectivity index (χ1n) is 21.3. The molecule has 62 heavy (non-hydrogen) atoms. The fourth-order valence-electron chi connectivity index (χ4n) is 10.00. The van der Waals surface area contributed by atoms with Crippen LogP contribution in [-0.2, 0) is 0 Å². The van der Waals surface area contributed by atoms with Crippen LogP contribution >= 0.6 is 11.3 Å². The molecule has 0 saturated heterocycles. The van der Waals surface area contributed by atoms with Gasteiger partial charge in [-0.25, -0.2) is 0 Å². The fraction of sp³-hybridized carbons (Fsp3) is 0.0345. The predicted octanol–water partition coefficient (Wildman–Crippen LogP) is 16.6. The molecule has 1 aliphatic rings. The molecule has 1 aliphatic carbocycles. The molecule has 0 bridgehead atoms. The van der Waals surface area contributed by atoms with Crippen LogP contribution in [0.15, 0.2) is 217 Å². The van der Waals surface area contributed by atoms with Crippen molar-refractivity contribution in [3.05, 3.63) is 212 Å². The second kappa shape index (κ2) is 14.0. The third-order valence-corrected chi connectivity index (χ3v) is 14.1. The summed E-state index contributed by atoms with van der Waals surface area (Å²) < 4.78 is 11.5. The molecule has 0 aliphatic heterocycles. The van der Waals surface area contributed by atoms with E-state index in [0.717, 1.165) is 45.3 Å². The van der Waals surface area contributed by atoms with Gasteiger partial charge >= 0.3 is 0 Å². The molecule has 9 aromatic carbocycles. The minimum Gasteiger partial charge on any atom is -0.456 e. The van der Waals surface area contributed by atoms with Crippen molar-refractivity contribution in [2.45, 2.75) is 12.5 Å². The lowest BCUT2D eigenvalue weighted by molar-refractivity contribution is 0.669. The quantitative estimate of drug-likeness (QED) is 0.167. The van der Waals surface area contributed by atoms with Gasteiger partial charge < -0.3 is 13.9 Å². The Kier molecular flexibility index (Phi) is 7.91. The summed E-state index contributed by atoms with van der Waals surface area (Å²) in [6.07, 6.45) is 7.98. The average Bonchev–Trinajstić information content (AvgIpc) is 4.01. The van der Waals surface area contributed by atoms with Gasteiger partial charge in [-0.1, -0.05) is 146 Å². The highest BCUT2D eigenvalue weighted by Gasteiger charge is 2.25. The molecule has 1 atom stereocenters. The summed E-state index contributed by atoms with van der Waals surface area (Å²) in [5.41, 5.74) is 12.6. The number of hydrogen-bond acceptors (Lipinski definition) is 3. The lowest BCUT2D eigenvalue weighted by atomic mass is 9.96. The smallest absolute Gasteiger partial charge is 0.136 e. The van der Waals surface area contributed by atoms with Gasteiger partial charge in [-0.3, -0.25) is 0 Å². The molecule has 0 radical (unpaired) electrons. The number of aromatic nitrogens is 1. The number of benzene rings is 9. The monoisotopic (exact) mass is 810 g/mol. The van der Waals surface area contributed by atoms with Crippen molar-refractivity contribution in [2.75, 3.05) is 4.90 Å². The fourth-order valence-corrected chi connectivity index (χ4v) is 11.2. The van der Waals surface area contributed by atoms with Crippen molar-refractivity contribution in [1.29, 1.82) is 0 Å². The predicted molar refractivity (Wildman–Crippen MR) is 265 cm³/mol. The number of rotatable bonds is 6. The zero-order valence-corrected chi connectivity index (χ0v) is 34.5. The van der Waals surface area contributed by atoms with Crippen molar-refractivity contribution in [3.8, 4) is 22.3 Å². The SMILES string of the molecule is C1=CC(N(c2ccc(-c3cccc4c3sc3ccccc34)cc2)c2ccccc2-c2ccc3oc4cc5ccccc5cc4c3c2)CC=C1n1c2ccccc2c2ccccc21. The molecule has 0 amide bonds. The van der Waals surface area contributed by atoms with Gasteiger partial charge in [0.2, 0.25) is 0 Å². The number of fused-ring (bicyclic) bond motifs is 10. The molecule has 12 aromatic rings. The van der Waals surface area contributed by atoms with E-state index >= 15 is 0 Å². The molecule has 0 saturated carbocycles. The Balaban J connectivity index is 0.943. The van der Waals surface area contributed by atoms with Gasteiger partial charge in [0.15, 0.2) is 0 Å². The Morgan fingerprint density at radius 3 is 1.94 bits per heavy atom. The normalized spacial score (nSPS) is 14.3. The van der Waals surface area contributed by atoms with E-state index in [9.17, 15) is 0 Å². The second-order valence-corrected chi connectivity index (χ2v) is 17.4. The molecule has 292 valence electrons. The van der Waals surface area contributed by atoms with Crippen molar-refractivity contribution < 1.29 is 4.42 Å². The molecule has 4 heteroatoms. The van der Waals surface area contributed by atoms with Gasteiger partial charge in [0.05, 0.1) is 17.1 Å². The van der Waals surface area contributed by atoms with E-state index < -0.39 is 0 Å². The second-order valence-electron chi connectivity index (χ2n) is 16.4. The topological polar surface area (TPSA) is 21.3 Å². The maximum Gasteiger partial charge on any atom is 0.136 e. The molecule has 13 rings (SSSR count). The van der Waals surface area contributed by atoms with E-state index in [2.05, 4.69) is 222 Å². The molecule has 0 fully saturated rings. The van der Waals surface area contributed by atoms with Crippen LogP contribution in [0.2, 0.25) is 0 Å². The summed E-state index contributed by atoms with van der Waals surface area (Å²) in [5.74, 6) is 0. The van der Waals surface area contributed by atoms with Gasteiger partial charge in [-0.2, -0.15) is 0 Å². The van der Waals surface area contributed by atoms with Crippen LogP contribution in [0.25, 0.3) is 103 Å². The van der Waals surface area contributed by atoms with Gasteiger partial charge in [0.25, 0.3) is 0 Å². The molecule has 3 heterocycles. The Morgan fingerprint density at radius 1 is 0.500 bits per heavy atom. The molecule has 3 nitrogen and oxygen atoms in total. The van der Waals surface area contributed by atoms with Crippen molar-refractivity contribution in [2.24, 2.45) is 0 Å². The standard InChI is InChI=1S/C58H38N2OS/c1-2-13-39-36-56-51(34-38(39)12-1)50-35-40(26-33-55(50)61-56)44-14-3-7-20-52(44)59(41-27-24-37(25-28-41)45-18-11-19-49-48-17-6-10-23-57(48)62-58(45)49)42-29-31-43(32-30-42)60-53-21-8-4-15-46(53)47-16-5-9-22-54(47)60/h1-29,31-36,42H,30H2. The number of hydrogen-bond donors (Lipinski definition) is 0. The van der Waals surface area contributed by atoms with E-state index in [1.807, 2.05) is 11.3 Å². The molecule has 0 spiro atoms. The molecular weight excluding hydrogens is 773 g/mol. The van der Waals surface area contributed by atoms with Crippen LogP contribution in [0.4, 0.5) is 11.4 Å². The van der Waals surface area contributed by atoms with E-state index in [0.29, 0.717) is 0 Å². The molecule has 1 unspecified atom stereocenters. The van der Waals surface area contributed by atoms with Gasteiger partial charge in [-0.15, -0.1) is 11.3 Å². The van der Waals surface area contributed by atoms with E-state index in [4.69, 9.17) is 4.42 Å². The lowest BCUT2D eigenvalue weighted by Gasteiger charge is -2.35. The summed E-state index contributed by atoms with van der Waals surface area (Å²) in [7, 11) is 0. The highest BCUT2D eigenvalue weighted by Crippen LogP contribution is 2.44. The highest BCUT2D eigenvalue weighted by atomic mass is 32.1. The van der Waals surface area contributed by atoms with Crippen LogP contribution in [0.5, 0.6) is 0 Å². The number of nitrogens with zero attached hydrogens (tertiary/aromatic N) is 2. The summed E-state index contributed by atoms with van der Waals surface area (Å²) in [6, 6.07) is 70.8. The van der Waals surface area contributed by atoms with Crippen molar-refractivity contribution in [3.63, 3.8) is 0 Å². The van der Waals surface area contributed by atoms with Gasteiger partial charge in [0, 0.05) is 64.4 Å². The average molecular weight is 811 g/mol. The maximum absolute atomic E-state index is 6.45. The van der Waals surface area contributed by atoms with E-state index in [1.165, 1.54) is 75.1 Å². The van der Waals surface area contributed by atoms with Crippen molar-refractivity contribution in [1.82, 2.24) is 4.57 Å². The lowest BCUT2D eigenvalue weighted by Crippen LogP contribution is -2.30. The van der Waals surface area contributed by atoms with Crippen LogP contribution in [0.3, 0.4) is 0 Å². The third kappa shape index (κ3) is 5.50. The van der Waals surface area contributed by atoms with Crippen LogP contribution < -0.4 is 4.90 Å². The Hall–Kier alpha value is -7.66. The van der Waals surface area contributed by atoms with Crippen LogP contribution in [-0.4, -0.2) is 10.6 Å². The third-order valence-electron chi connectivity index (χ3n) is 12.9. The molecule has 3 aromatic heterocycles. The number of furan rings is 1. The van der Waals surface area contributed by atoms with E-state index in [-0.39, 0.29) is 6.04 Å². The summed E-state index contributed by atoms with van der Waals surface area (Å²) in [6.45, 7) is 0. The van der Waals surface area contributed by atoms with E-state index in [1.54, 1.807) is 0 Å². The summed E-state index contributed by atoms with van der Waals surface area (Å²) in [4.78, 5) is 2.54. The largest absolute Gasteiger partial charge is 0.456 e. The Morgan fingerprint density at radius 2 is 1.15 bits per heavy atom. The number of para-hydroxylation sites is 3. The van der Waals surface area contributed by atoms with Crippen molar-refractivity contribution >= 4 is 103 Å². The summed E-state index contributed by atoms with van der Waals surface area (Å²) >= 11 is 1.88. The minimum absolute atomic E-state index is 0.0646. The molecule has 0 N–H and O–H groups in total. The van der Waals surface area contributed by atoms with Gasteiger partial charge in [0.1, 0.15) is 11.2 Å². The molecular formula is C58H38N2OS. The minimum atomic E-state index is 0.0646. The number of allylic oxidation sites excluding steroid dienone is 2. The first-order valence-corrected chi connectivity index (χ1v) is 22.2. The Bertz CT molecular complexity index is 3750. The number of anilines is 2. The zero-order valence-electron chi connectivity index (χ0n) is 33.7. The number of thiophene rings is 1. The van der Waals surface area contributed by atoms with Gasteiger partial charge in [-0.05, 0) is 101 Å². The highest BCUT2D eigenvalue weighted by molar-refractivity contribution is 7.26. The zero-order chi connectivity index (χ0) is 40.7. The van der Waals surface area contributed by atoms with Crippen LogP contribution in [0.1, 0.15) is 6.42 Å². The van der Waals surface area contributed by atoms with Crippen LogP contribution in [0, 0.1) is 0 Å². The Labute approximate surface area is 362 Å². The first-order chi connectivity index (χ1) is 30.7. The first kappa shape index (κ1) is 35.1. The maximum atomic E-state index is 6.45.